The highest BCUT2D eigenvalue weighted by Crippen LogP contribution is 2.27. The first-order chi connectivity index (χ1) is 11.1. The Morgan fingerprint density at radius 1 is 1.13 bits per heavy atom. The molecule has 0 unspecified atom stereocenters. The molecule has 2 aromatic carbocycles. The molecule has 1 N–H and O–H groups in total. The predicted molar refractivity (Wildman–Crippen MR) is 89.7 cm³/mol. The smallest absolute Gasteiger partial charge is 0.262 e. The summed E-state index contributed by atoms with van der Waals surface area (Å²) in [5.41, 5.74) is 0.497. The molecule has 0 atom stereocenters. The molecule has 0 fully saturated rings. The third kappa shape index (κ3) is 5.07. The molecule has 0 bridgehead atoms. The molecular weight excluding hydrogens is 318 g/mol. The Morgan fingerprint density at radius 2 is 1.87 bits per heavy atom. The van der Waals surface area contributed by atoms with Crippen LogP contribution in [-0.4, -0.2) is 26.2 Å². The van der Waals surface area contributed by atoms with Crippen molar-refractivity contribution >= 4 is 23.2 Å². The fourth-order valence-electron chi connectivity index (χ4n) is 1.93. The van der Waals surface area contributed by atoms with Gasteiger partial charge < -0.3 is 19.5 Å². The van der Waals surface area contributed by atoms with Gasteiger partial charge in [0, 0.05) is 11.1 Å². The van der Waals surface area contributed by atoms with Gasteiger partial charge in [0.25, 0.3) is 5.91 Å². The summed E-state index contributed by atoms with van der Waals surface area (Å²) in [5.74, 6) is 1.47. The number of hydrogen-bond acceptors (Lipinski definition) is 4. The number of methoxy groups -OCH3 is 1. The summed E-state index contributed by atoms with van der Waals surface area (Å²) in [7, 11) is 1.52. The highest BCUT2D eigenvalue weighted by Gasteiger charge is 2.09. The number of hydrogen-bond donors (Lipinski definition) is 1. The van der Waals surface area contributed by atoms with Crippen molar-refractivity contribution in [1.29, 1.82) is 0 Å². The number of nitrogens with one attached hydrogen (secondary N) is 1. The van der Waals surface area contributed by atoms with Gasteiger partial charge in [0.1, 0.15) is 17.2 Å². The molecule has 0 aromatic heterocycles. The second-order valence-electron chi connectivity index (χ2n) is 4.59. The van der Waals surface area contributed by atoms with Crippen molar-refractivity contribution in [1.82, 2.24) is 0 Å². The van der Waals surface area contributed by atoms with Gasteiger partial charge in [-0.1, -0.05) is 17.7 Å². The van der Waals surface area contributed by atoms with Gasteiger partial charge in [0.05, 0.1) is 19.4 Å². The average Bonchev–Trinajstić information content (AvgIpc) is 2.54. The van der Waals surface area contributed by atoms with Crippen molar-refractivity contribution in [3.8, 4) is 17.2 Å². The molecule has 6 heteroatoms. The molecule has 1 amide bonds. The van der Waals surface area contributed by atoms with E-state index in [2.05, 4.69) is 5.32 Å². The maximum atomic E-state index is 12.0. The number of rotatable bonds is 7. The largest absolute Gasteiger partial charge is 0.495 e. The number of halogens is 1. The van der Waals surface area contributed by atoms with E-state index in [-0.39, 0.29) is 12.5 Å². The fraction of sp³-hybridized carbons (Fsp3) is 0.235. The lowest BCUT2D eigenvalue weighted by molar-refractivity contribution is -0.118. The first kappa shape index (κ1) is 17.0. The van der Waals surface area contributed by atoms with Crippen LogP contribution < -0.4 is 19.5 Å². The van der Waals surface area contributed by atoms with Crippen molar-refractivity contribution in [3.05, 3.63) is 47.5 Å². The number of amides is 1. The van der Waals surface area contributed by atoms with Crippen LogP contribution in [0.25, 0.3) is 0 Å². The van der Waals surface area contributed by atoms with Crippen molar-refractivity contribution in [3.63, 3.8) is 0 Å². The third-order valence-electron chi connectivity index (χ3n) is 2.92. The van der Waals surface area contributed by atoms with Crippen LogP contribution in [-0.2, 0) is 4.79 Å². The molecule has 0 radical (unpaired) electrons. The normalized spacial score (nSPS) is 10.0. The molecule has 0 aliphatic carbocycles. The first-order valence-electron chi connectivity index (χ1n) is 7.11. The van der Waals surface area contributed by atoms with Gasteiger partial charge in [-0.3, -0.25) is 4.79 Å². The predicted octanol–water partition coefficient (Wildman–Crippen LogP) is 3.76. The van der Waals surface area contributed by atoms with E-state index in [9.17, 15) is 4.79 Å². The molecule has 23 heavy (non-hydrogen) atoms. The molecule has 122 valence electrons. The third-order valence-corrected chi connectivity index (χ3v) is 3.16. The van der Waals surface area contributed by atoms with E-state index in [4.69, 9.17) is 25.8 Å². The van der Waals surface area contributed by atoms with E-state index in [1.54, 1.807) is 36.4 Å². The number of ether oxygens (including phenoxy) is 3. The minimum Gasteiger partial charge on any atom is -0.495 e. The van der Waals surface area contributed by atoms with Gasteiger partial charge in [-0.2, -0.15) is 0 Å². The molecular formula is C17H18ClNO4. The lowest BCUT2D eigenvalue weighted by atomic mass is 10.3. The van der Waals surface area contributed by atoms with Crippen LogP contribution in [0.1, 0.15) is 6.92 Å². The van der Waals surface area contributed by atoms with Gasteiger partial charge in [0.2, 0.25) is 0 Å². The van der Waals surface area contributed by atoms with Crippen molar-refractivity contribution < 1.29 is 19.0 Å². The standard InChI is InChI=1S/C17H18ClNO4/c1-3-22-13-5-4-6-14(10-13)23-11-17(20)19-15-9-12(18)7-8-16(15)21-2/h4-10H,3,11H2,1-2H3,(H,19,20). The van der Waals surface area contributed by atoms with Crippen molar-refractivity contribution in [2.45, 2.75) is 6.92 Å². The lowest BCUT2D eigenvalue weighted by Crippen LogP contribution is -2.20. The summed E-state index contributed by atoms with van der Waals surface area (Å²) in [4.78, 5) is 12.0. The summed E-state index contributed by atoms with van der Waals surface area (Å²) in [6, 6.07) is 12.1. The summed E-state index contributed by atoms with van der Waals surface area (Å²) in [6.07, 6.45) is 0. The van der Waals surface area contributed by atoms with Crippen LogP contribution >= 0.6 is 11.6 Å². The quantitative estimate of drug-likeness (QED) is 0.837. The molecule has 0 saturated heterocycles. The number of anilines is 1. The monoisotopic (exact) mass is 335 g/mol. The van der Waals surface area contributed by atoms with E-state index in [1.165, 1.54) is 7.11 Å². The summed E-state index contributed by atoms with van der Waals surface area (Å²) < 4.78 is 16.0. The molecule has 2 aromatic rings. The lowest BCUT2D eigenvalue weighted by Gasteiger charge is -2.11. The molecule has 5 nitrogen and oxygen atoms in total. The Hall–Kier alpha value is -2.40. The van der Waals surface area contributed by atoms with Gasteiger partial charge in [-0.25, -0.2) is 0 Å². The Morgan fingerprint density at radius 3 is 2.57 bits per heavy atom. The summed E-state index contributed by atoms with van der Waals surface area (Å²) >= 11 is 5.93. The van der Waals surface area contributed by atoms with Gasteiger partial charge >= 0.3 is 0 Å². The Labute approximate surface area is 140 Å². The van der Waals surface area contributed by atoms with Crippen LogP contribution in [0.2, 0.25) is 5.02 Å². The topological polar surface area (TPSA) is 56.8 Å². The molecule has 0 saturated carbocycles. The van der Waals surface area contributed by atoms with Crippen LogP contribution in [0.4, 0.5) is 5.69 Å². The maximum Gasteiger partial charge on any atom is 0.262 e. The van der Waals surface area contributed by atoms with E-state index in [0.717, 1.165) is 0 Å². The van der Waals surface area contributed by atoms with Gasteiger partial charge in [0.15, 0.2) is 6.61 Å². The molecule has 0 aliphatic rings. The number of carbonyl (C=O) groups is 1. The number of carbonyl (C=O) groups excluding carboxylic acids is 1. The highest BCUT2D eigenvalue weighted by atomic mass is 35.5. The summed E-state index contributed by atoms with van der Waals surface area (Å²) in [6.45, 7) is 2.34. The maximum absolute atomic E-state index is 12.0. The molecule has 2 rings (SSSR count). The zero-order valence-electron chi connectivity index (χ0n) is 13.0. The molecule has 0 heterocycles. The van der Waals surface area contributed by atoms with Gasteiger partial charge in [-0.15, -0.1) is 0 Å². The zero-order chi connectivity index (χ0) is 16.7. The Bertz CT molecular complexity index is 675. The van der Waals surface area contributed by atoms with E-state index in [1.807, 2.05) is 13.0 Å². The van der Waals surface area contributed by atoms with Gasteiger partial charge in [-0.05, 0) is 37.3 Å². The van der Waals surface area contributed by atoms with Crippen LogP contribution in [0.15, 0.2) is 42.5 Å². The average molecular weight is 336 g/mol. The Kier molecular flexibility index (Phi) is 6.11. The molecule has 0 spiro atoms. The Balaban J connectivity index is 1.95. The van der Waals surface area contributed by atoms with Crippen molar-refractivity contribution in [2.24, 2.45) is 0 Å². The number of benzene rings is 2. The van der Waals surface area contributed by atoms with Crippen LogP contribution in [0.3, 0.4) is 0 Å². The zero-order valence-corrected chi connectivity index (χ0v) is 13.7. The van der Waals surface area contributed by atoms with Crippen molar-refractivity contribution in [2.75, 3.05) is 25.6 Å². The summed E-state index contributed by atoms with van der Waals surface area (Å²) in [5, 5.41) is 3.21. The van der Waals surface area contributed by atoms with E-state index >= 15 is 0 Å². The second-order valence-corrected chi connectivity index (χ2v) is 5.03. The SMILES string of the molecule is CCOc1cccc(OCC(=O)Nc2cc(Cl)ccc2OC)c1. The first-order valence-corrected chi connectivity index (χ1v) is 7.49. The minimum atomic E-state index is -0.313. The second kappa shape index (κ2) is 8.29. The van der Waals surface area contributed by atoms with E-state index in [0.29, 0.717) is 34.6 Å². The van der Waals surface area contributed by atoms with E-state index < -0.39 is 0 Å². The minimum absolute atomic E-state index is 0.134. The highest BCUT2D eigenvalue weighted by molar-refractivity contribution is 6.31. The van der Waals surface area contributed by atoms with Crippen LogP contribution in [0.5, 0.6) is 17.2 Å². The van der Waals surface area contributed by atoms with Crippen LogP contribution in [0, 0.1) is 0 Å². The fourth-order valence-corrected chi connectivity index (χ4v) is 2.11. The molecule has 0 aliphatic heterocycles.